The van der Waals surface area contributed by atoms with Crippen molar-refractivity contribution in [3.8, 4) is 0 Å². The summed E-state index contributed by atoms with van der Waals surface area (Å²) < 4.78 is 42.9. The number of halogens is 3. The van der Waals surface area contributed by atoms with Crippen LogP contribution >= 0.6 is 11.8 Å². The molecule has 2 amide bonds. The molecular formula is C19H24F3N5OS. The predicted molar refractivity (Wildman–Crippen MR) is 106 cm³/mol. The van der Waals surface area contributed by atoms with Crippen LogP contribution in [0, 0.1) is 12.8 Å². The number of pyridine rings is 1. The van der Waals surface area contributed by atoms with Crippen LogP contribution in [-0.2, 0) is 7.05 Å². The molecule has 0 aliphatic carbocycles. The summed E-state index contributed by atoms with van der Waals surface area (Å²) in [6.45, 7) is 4.05. The van der Waals surface area contributed by atoms with Crippen LogP contribution < -0.4 is 5.32 Å². The van der Waals surface area contributed by atoms with Crippen LogP contribution in [0.3, 0.4) is 0 Å². The molecule has 2 aromatic heterocycles. The van der Waals surface area contributed by atoms with Crippen molar-refractivity contribution in [3.05, 3.63) is 35.9 Å². The Labute approximate surface area is 171 Å². The third kappa shape index (κ3) is 5.23. The van der Waals surface area contributed by atoms with Crippen molar-refractivity contribution in [2.45, 2.75) is 43.0 Å². The standard InChI is InChI=1S/C19H24F3N5OS/c1-12-10-14(4-7-23-12)24-18(28)27-8-5-13(6-9-27)19(2,22)29-15-11-26(3)25-16(15)17(20)21/h4,7,10-11,13,17H,5-6,8-9H2,1-3H3,(H,23,24,28)/t19-/m1/s1. The van der Waals surface area contributed by atoms with Crippen LogP contribution in [0.1, 0.15) is 37.6 Å². The van der Waals surface area contributed by atoms with E-state index in [9.17, 15) is 13.6 Å². The molecule has 158 valence electrons. The minimum Gasteiger partial charge on any atom is -0.325 e. The van der Waals surface area contributed by atoms with Crippen LogP contribution in [0.15, 0.2) is 29.4 Å². The van der Waals surface area contributed by atoms with Crippen molar-refractivity contribution in [1.82, 2.24) is 19.7 Å². The van der Waals surface area contributed by atoms with Gasteiger partial charge in [-0.1, -0.05) is 11.8 Å². The highest BCUT2D eigenvalue weighted by atomic mass is 32.2. The van der Waals surface area contributed by atoms with Crippen LogP contribution in [0.5, 0.6) is 0 Å². The molecule has 0 unspecified atom stereocenters. The smallest absolute Gasteiger partial charge is 0.321 e. The van der Waals surface area contributed by atoms with Gasteiger partial charge in [-0.15, -0.1) is 0 Å². The number of hydrogen-bond acceptors (Lipinski definition) is 4. The number of alkyl halides is 3. The van der Waals surface area contributed by atoms with E-state index in [0.717, 1.165) is 17.5 Å². The van der Waals surface area contributed by atoms with E-state index in [1.807, 2.05) is 6.92 Å². The van der Waals surface area contributed by atoms with Crippen molar-refractivity contribution in [2.75, 3.05) is 18.4 Å². The fourth-order valence-corrected chi connectivity index (χ4v) is 4.71. The van der Waals surface area contributed by atoms with E-state index in [4.69, 9.17) is 0 Å². The number of rotatable bonds is 5. The Morgan fingerprint density at radius 1 is 1.38 bits per heavy atom. The van der Waals surface area contributed by atoms with E-state index >= 15 is 4.39 Å². The van der Waals surface area contributed by atoms with Gasteiger partial charge >= 0.3 is 6.03 Å². The van der Waals surface area contributed by atoms with Gasteiger partial charge in [0.15, 0.2) is 5.00 Å². The maximum atomic E-state index is 15.4. The van der Waals surface area contributed by atoms with Gasteiger partial charge in [-0.05, 0) is 38.8 Å². The molecule has 10 heteroatoms. The lowest BCUT2D eigenvalue weighted by atomic mass is 9.92. The van der Waals surface area contributed by atoms with Gasteiger partial charge in [0.2, 0.25) is 0 Å². The fourth-order valence-electron chi connectivity index (χ4n) is 3.44. The zero-order chi connectivity index (χ0) is 21.2. The highest BCUT2D eigenvalue weighted by Gasteiger charge is 2.39. The van der Waals surface area contributed by atoms with Gasteiger partial charge in [0, 0.05) is 49.8 Å². The van der Waals surface area contributed by atoms with E-state index in [0.29, 0.717) is 31.6 Å². The second-order valence-corrected chi connectivity index (χ2v) is 8.76. The van der Waals surface area contributed by atoms with Crippen molar-refractivity contribution < 1.29 is 18.0 Å². The normalized spacial score (nSPS) is 17.4. The number of carbonyl (C=O) groups is 1. The molecule has 1 fully saturated rings. The van der Waals surface area contributed by atoms with Crippen LogP contribution in [-0.4, -0.2) is 43.8 Å². The molecule has 0 bridgehead atoms. The quantitative estimate of drug-likeness (QED) is 0.698. The fraction of sp³-hybridized carbons (Fsp3) is 0.526. The van der Waals surface area contributed by atoms with Gasteiger partial charge in [-0.2, -0.15) is 5.10 Å². The van der Waals surface area contributed by atoms with Crippen molar-refractivity contribution in [1.29, 1.82) is 0 Å². The lowest BCUT2D eigenvalue weighted by Gasteiger charge is -2.37. The predicted octanol–water partition coefficient (Wildman–Crippen LogP) is 4.78. The molecule has 0 spiro atoms. The second-order valence-electron chi connectivity index (χ2n) is 7.32. The number of aryl methyl sites for hydroxylation is 2. The minimum absolute atomic E-state index is 0.153. The molecule has 29 heavy (non-hydrogen) atoms. The number of hydrogen-bond donors (Lipinski definition) is 1. The number of amides is 2. The number of anilines is 1. The summed E-state index contributed by atoms with van der Waals surface area (Å²) >= 11 is 0.786. The van der Waals surface area contributed by atoms with Gasteiger partial charge < -0.3 is 10.2 Å². The minimum atomic E-state index is -2.75. The third-order valence-corrected chi connectivity index (χ3v) is 6.26. The number of carbonyl (C=O) groups excluding carboxylic acids is 1. The topological polar surface area (TPSA) is 63.1 Å². The number of nitrogens with one attached hydrogen (secondary N) is 1. The SMILES string of the molecule is Cc1cc(NC(=O)N2CCC([C@](C)(F)Sc3cn(C)nc3C(F)F)CC2)ccn1. The second kappa shape index (κ2) is 8.64. The number of likely N-dealkylation sites (tertiary alicyclic amines) is 1. The Balaban J connectivity index is 1.58. The molecule has 0 radical (unpaired) electrons. The Morgan fingerprint density at radius 2 is 2.07 bits per heavy atom. The van der Waals surface area contributed by atoms with Crippen molar-refractivity contribution >= 4 is 23.5 Å². The number of piperidine rings is 1. The molecule has 3 heterocycles. The summed E-state index contributed by atoms with van der Waals surface area (Å²) in [5, 5.41) is 4.82. The summed E-state index contributed by atoms with van der Waals surface area (Å²) in [6.07, 6.45) is 1.19. The Hall–Kier alpha value is -2.23. The summed E-state index contributed by atoms with van der Waals surface area (Å²) in [7, 11) is 1.53. The Kier molecular flexibility index (Phi) is 6.40. The average molecular weight is 427 g/mol. The van der Waals surface area contributed by atoms with Crippen molar-refractivity contribution in [2.24, 2.45) is 13.0 Å². The maximum Gasteiger partial charge on any atom is 0.321 e. The zero-order valence-corrected chi connectivity index (χ0v) is 17.3. The highest BCUT2D eigenvalue weighted by Crippen LogP contribution is 2.46. The Bertz CT molecular complexity index is 865. The zero-order valence-electron chi connectivity index (χ0n) is 16.5. The molecular weight excluding hydrogens is 403 g/mol. The first kappa shape index (κ1) is 21.5. The molecule has 1 saturated heterocycles. The maximum absolute atomic E-state index is 15.4. The molecule has 1 N–H and O–H groups in total. The van der Waals surface area contributed by atoms with E-state index < -0.39 is 17.1 Å². The summed E-state index contributed by atoms with van der Waals surface area (Å²) in [5.74, 6) is -0.356. The molecule has 6 nitrogen and oxygen atoms in total. The third-order valence-electron chi connectivity index (χ3n) is 5.00. The van der Waals surface area contributed by atoms with E-state index in [1.165, 1.54) is 24.9 Å². The van der Waals surface area contributed by atoms with Crippen molar-refractivity contribution in [3.63, 3.8) is 0 Å². The largest absolute Gasteiger partial charge is 0.325 e. The van der Waals surface area contributed by atoms with Crippen LogP contribution in [0.25, 0.3) is 0 Å². The van der Waals surface area contributed by atoms with Gasteiger partial charge in [0.25, 0.3) is 6.43 Å². The first-order valence-corrected chi connectivity index (χ1v) is 10.2. The lowest BCUT2D eigenvalue weighted by molar-refractivity contribution is 0.123. The average Bonchev–Trinajstić information content (AvgIpc) is 3.01. The molecule has 2 aromatic rings. The molecule has 0 aromatic carbocycles. The highest BCUT2D eigenvalue weighted by molar-refractivity contribution is 8.00. The van der Waals surface area contributed by atoms with Gasteiger partial charge in [0.05, 0.1) is 4.90 Å². The molecule has 1 atom stereocenters. The monoisotopic (exact) mass is 427 g/mol. The van der Waals surface area contributed by atoms with Gasteiger partial charge in [-0.25, -0.2) is 18.0 Å². The number of nitrogens with zero attached hydrogens (tertiary/aromatic N) is 4. The van der Waals surface area contributed by atoms with E-state index in [2.05, 4.69) is 15.4 Å². The first-order chi connectivity index (χ1) is 13.7. The van der Waals surface area contributed by atoms with E-state index in [-0.39, 0.29) is 16.8 Å². The number of urea groups is 1. The summed E-state index contributed by atoms with van der Waals surface area (Å²) in [4.78, 5) is 18.3. The number of thioether (sulfide) groups is 1. The lowest BCUT2D eigenvalue weighted by Crippen LogP contribution is -2.44. The summed E-state index contributed by atoms with van der Waals surface area (Å²) in [6, 6.07) is 3.24. The van der Waals surface area contributed by atoms with Crippen LogP contribution in [0.4, 0.5) is 23.7 Å². The van der Waals surface area contributed by atoms with Crippen LogP contribution in [0.2, 0.25) is 0 Å². The molecule has 3 rings (SSSR count). The van der Waals surface area contributed by atoms with Gasteiger partial charge in [-0.3, -0.25) is 9.67 Å². The first-order valence-electron chi connectivity index (χ1n) is 9.34. The van der Waals surface area contributed by atoms with Gasteiger partial charge in [0.1, 0.15) is 5.69 Å². The summed E-state index contributed by atoms with van der Waals surface area (Å²) in [5.41, 5.74) is 1.06. The molecule has 1 aliphatic rings. The molecule has 1 aliphatic heterocycles. The molecule has 0 saturated carbocycles. The number of aromatic nitrogens is 3. The van der Waals surface area contributed by atoms with E-state index in [1.54, 1.807) is 23.2 Å². The Morgan fingerprint density at radius 3 is 2.69 bits per heavy atom.